The summed E-state index contributed by atoms with van der Waals surface area (Å²) in [5, 5.41) is 13.2. The van der Waals surface area contributed by atoms with Gasteiger partial charge in [-0.25, -0.2) is 0 Å². The molecule has 0 saturated heterocycles. The van der Waals surface area contributed by atoms with E-state index in [2.05, 4.69) is 19.2 Å². The van der Waals surface area contributed by atoms with Gasteiger partial charge in [0.25, 0.3) is 0 Å². The molecule has 0 atom stereocenters. The minimum Gasteiger partial charge on any atom is -0.502 e. The van der Waals surface area contributed by atoms with Gasteiger partial charge in [0, 0.05) is 6.54 Å². The summed E-state index contributed by atoms with van der Waals surface area (Å²) in [4.78, 5) is 0. The van der Waals surface area contributed by atoms with Crippen molar-refractivity contribution in [2.24, 2.45) is 5.92 Å². The molecule has 0 bridgehead atoms. The van der Waals surface area contributed by atoms with Crippen LogP contribution in [0.15, 0.2) is 12.1 Å². The number of benzene rings is 1. The third-order valence-corrected chi connectivity index (χ3v) is 3.00. The van der Waals surface area contributed by atoms with Gasteiger partial charge in [-0.05, 0) is 43.0 Å². The van der Waals surface area contributed by atoms with Crippen molar-refractivity contribution in [2.75, 3.05) is 20.8 Å². The van der Waals surface area contributed by atoms with E-state index in [1.165, 1.54) is 27.1 Å². The average Bonchev–Trinajstić information content (AvgIpc) is 2.39. The van der Waals surface area contributed by atoms with E-state index in [0.717, 1.165) is 24.6 Å². The molecule has 0 saturated carbocycles. The van der Waals surface area contributed by atoms with E-state index in [9.17, 15) is 5.11 Å². The van der Waals surface area contributed by atoms with Crippen molar-refractivity contribution in [1.29, 1.82) is 0 Å². The fourth-order valence-corrected chi connectivity index (χ4v) is 1.92. The molecule has 0 aliphatic heterocycles. The molecular formula is C15H25NO3. The van der Waals surface area contributed by atoms with E-state index < -0.39 is 0 Å². The third kappa shape index (κ3) is 4.99. The van der Waals surface area contributed by atoms with Gasteiger partial charge >= 0.3 is 0 Å². The van der Waals surface area contributed by atoms with Crippen LogP contribution in [-0.2, 0) is 6.54 Å². The second-order valence-corrected chi connectivity index (χ2v) is 5.06. The van der Waals surface area contributed by atoms with Crippen molar-refractivity contribution >= 4 is 0 Å². The molecule has 4 heteroatoms. The van der Waals surface area contributed by atoms with Gasteiger partial charge < -0.3 is 19.9 Å². The Hall–Kier alpha value is -1.42. The molecule has 1 aromatic carbocycles. The molecule has 0 radical (unpaired) electrons. The molecule has 2 N–H and O–H groups in total. The summed E-state index contributed by atoms with van der Waals surface area (Å²) in [6.07, 6.45) is 2.40. The molecule has 0 aliphatic carbocycles. The first-order valence-electron chi connectivity index (χ1n) is 6.73. The van der Waals surface area contributed by atoms with Gasteiger partial charge in [0.05, 0.1) is 14.2 Å². The van der Waals surface area contributed by atoms with Gasteiger partial charge in [0.2, 0.25) is 5.75 Å². The van der Waals surface area contributed by atoms with Gasteiger partial charge in [-0.1, -0.05) is 13.8 Å². The quantitative estimate of drug-likeness (QED) is 0.711. The van der Waals surface area contributed by atoms with Crippen molar-refractivity contribution in [2.45, 2.75) is 33.2 Å². The molecule has 108 valence electrons. The van der Waals surface area contributed by atoms with Crippen molar-refractivity contribution in [3.63, 3.8) is 0 Å². The third-order valence-electron chi connectivity index (χ3n) is 3.00. The van der Waals surface area contributed by atoms with Crippen LogP contribution < -0.4 is 14.8 Å². The molecule has 19 heavy (non-hydrogen) atoms. The maximum absolute atomic E-state index is 9.81. The van der Waals surface area contributed by atoms with Crippen LogP contribution in [0.25, 0.3) is 0 Å². The molecule has 0 aromatic heterocycles. The van der Waals surface area contributed by atoms with Crippen LogP contribution in [0.5, 0.6) is 17.2 Å². The van der Waals surface area contributed by atoms with Crippen LogP contribution in [-0.4, -0.2) is 25.9 Å². The number of hydrogen-bond donors (Lipinski definition) is 2. The average molecular weight is 267 g/mol. The fourth-order valence-electron chi connectivity index (χ4n) is 1.92. The Kier molecular flexibility index (Phi) is 6.50. The largest absolute Gasteiger partial charge is 0.502 e. The second kappa shape index (κ2) is 7.89. The number of ether oxygens (including phenoxy) is 2. The van der Waals surface area contributed by atoms with Crippen LogP contribution in [0.4, 0.5) is 0 Å². The SMILES string of the molecule is COc1cc(CNCCCC(C)C)cc(OC)c1O. The van der Waals surface area contributed by atoms with Crippen LogP contribution in [0.3, 0.4) is 0 Å². The topological polar surface area (TPSA) is 50.7 Å². The van der Waals surface area contributed by atoms with E-state index in [4.69, 9.17) is 9.47 Å². The van der Waals surface area contributed by atoms with E-state index in [-0.39, 0.29) is 5.75 Å². The first kappa shape index (κ1) is 15.6. The molecule has 0 unspecified atom stereocenters. The van der Waals surface area contributed by atoms with Crippen LogP contribution in [0.1, 0.15) is 32.3 Å². The molecule has 1 aromatic rings. The monoisotopic (exact) mass is 267 g/mol. The summed E-state index contributed by atoms with van der Waals surface area (Å²) in [7, 11) is 3.07. The second-order valence-electron chi connectivity index (χ2n) is 5.06. The van der Waals surface area contributed by atoms with Crippen LogP contribution >= 0.6 is 0 Å². The lowest BCUT2D eigenvalue weighted by Crippen LogP contribution is -2.15. The number of hydrogen-bond acceptors (Lipinski definition) is 4. The first-order chi connectivity index (χ1) is 9.08. The van der Waals surface area contributed by atoms with Gasteiger partial charge in [0.1, 0.15) is 0 Å². The highest BCUT2D eigenvalue weighted by atomic mass is 16.5. The summed E-state index contributed by atoms with van der Waals surface area (Å²) in [5.74, 6) is 1.68. The van der Waals surface area contributed by atoms with Gasteiger partial charge in [-0.15, -0.1) is 0 Å². The van der Waals surface area contributed by atoms with Crippen molar-refractivity contribution in [3.05, 3.63) is 17.7 Å². The smallest absolute Gasteiger partial charge is 0.200 e. The molecule has 4 nitrogen and oxygen atoms in total. The van der Waals surface area contributed by atoms with E-state index in [1.807, 2.05) is 12.1 Å². The molecule has 0 spiro atoms. The number of phenols is 1. The fraction of sp³-hybridized carbons (Fsp3) is 0.600. The number of rotatable bonds is 8. The highest BCUT2D eigenvalue weighted by molar-refractivity contribution is 5.52. The highest BCUT2D eigenvalue weighted by Gasteiger charge is 2.10. The van der Waals surface area contributed by atoms with E-state index in [1.54, 1.807) is 0 Å². The predicted molar refractivity (Wildman–Crippen MR) is 77.0 cm³/mol. The molecular weight excluding hydrogens is 242 g/mol. The Balaban J connectivity index is 2.54. The number of aromatic hydroxyl groups is 1. The van der Waals surface area contributed by atoms with Gasteiger partial charge in [-0.2, -0.15) is 0 Å². The number of phenolic OH excluding ortho intramolecular Hbond substituents is 1. The Labute approximate surface area is 115 Å². The van der Waals surface area contributed by atoms with Crippen molar-refractivity contribution in [1.82, 2.24) is 5.32 Å². The molecule has 0 aliphatic rings. The van der Waals surface area contributed by atoms with Crippen LogP contribution in [0.2, 0.25) is 0 Å². The summed E-state index contributed by atoms with van der Waals surface area (Å²) < 4.78 is 10.3. The Morgan fingerprint density at radius 2 is 1.74 bits per heavy atom. The van der Waals surface area contributed by atoms with Gasteiger partial charge in [-0.3, -0.25) is 0 Å². The zero-order valence-electron chi connectivity index (χ0n) is 12.3. The molecule has 0 heterocycles. The Morgan fingerprint density at radius 3 is 2.21 bits per heavy atom. The van der Waals surface area contributed by atoms with Crippen molar-refractivity contribution in [3.8, 4) is 17.2 Å². The molecule has 1 rings (SSSR count). The summed E-state index contributed by atoms with van der Waals surface area (Å²) in [6, 6.07) is 3.65. The van der Waals surface area contributed by atoms with Crippen LogP contribution in [0, 0.1) is 5.92 Å². The lowest BCUT2D eigenvalue weighted by molar-refractivity contribution is 0.339. The van der Waals surface area contributed by atoms with Gasteiger partial charge in [0.15, 0.2) is 11.5 Å². The standard InChI is InChI=1S/C15H25NO3/c1-11(2)6-5-7-16-10-12-8-13(18-3)15(17)14(9-12)19-4/h8-9,11,16-17H,5-7,10H2,1-4H3. The van der Waals surface area contributed by atoms with E-state index in [0.29, 0.717) is 11.5 Å². The number of methoxy groups -OCH3 is 2. The predicted octanol–water partition coefficient (Wildman–Crippen LogP) is 2.94. The number of nitrogens with one attached hydrogen (secondary N) is 1. The lowest BCUT2D eigenvalue weighted by Gasteiger charge is -2.12. The first-order valence-corrected chi connectivity index (χ1v) is 6.73. The zero-order chi connectivity index (χ0) is 14.3. The zero-order valence-corrected chi connectivity index (χ0v) is 12.3. The maximum Gasteiger partial charge on any atom is 0.200 e. The Morgan fingerprint density at radius 1 is 1.16 bits per heavy atom. The highest BCUT2D eigenvalue weighted by Crippen LogP contribution is 2.36. The molecule has 0 amide bonds. The summed E-state index contributed by atoms with van der Waals surface area (Å²) >= 11 is 0. The summed E-state index contributed by atoms with van der Waals surface area (Å²) in [5.41, 5.74) is 1.04. The minimum atomic E-state index is 0.0496. The molecule has 0 fully saturated rings. The minimum absolute atomic E-state index is 0.0496. The van der Waals surface area contributed by atoms with Crippen molar-refractivity contribution < 1.29 is 14.6 Å². The maximum atomic E-state index is 9.81. The van der Waals surface area contributed by atoms with E-state index >= 15 is 0 Å². The lowest BCUT2D eigenvalue weighted by atomic mass is 10.1. The normalized spacial score (nSPS) is 10.8. The Bertz CT molecular complexity index is 366. The summed E-state index contributed by atoms with van der Waals surface area (Å²) in [6.45, 7) is 6.19.